The van der Waals surface area contributed by atoms with Crippen LogP contribution in [-0.2, 0) is 13.0 Å². The number of aromatic nitrogens is 4. The highest BCUT2D eigenvalue weighted by Gasteiger charge is 2.41. The van der Waals surface area contributed by atoms with Crippen LogP contribution in [0.2, 0.25) is 0 Å². The van der Waals surface area contributed by atoms with Gasteiger partial charge in [-0.2, -0.15) is 5.10 Å². The molecule has 160 valence electrons. The molecule has 0 amide bonds. The minimum absolute atomic E-state index is 0.247. The molecular weight excluding hydrogens is 362 g/mol. The zero-order valence-corrected chi connectivity index (χ0v) is 18.6. The monoisotopic (exact) mass is 399 g/mol. The van der Waals surface area contributed by atoms with Gasteiger partial charge in [-0.3, -0.25) is 4.90 Å². The summed E-state index contributed by atoms with van der Waals surface area (Å²) >= 11 is 0. The van der Waals surface area contributed by atoms with Gasteiger partial charge in [0.25, 0.3) is 0 Å². The van der Waals surface area contributed by atoms with Crippen LogP contribution < -0.4 is 10.2 Å². The van der Waals surface area contributed by atoms with Crippen LogP contribution in [0.25, 0.3) is 11.0 Å². The number of rotatable bonds is 6. The molecule has 2 aliphatic rings. The van der Waals surface area contributed by atoms with Crippen LogP contribution >= 0.6 is 0 Å². The Morgan fingerprint density at radius 1 is 1.17 bits per heavy atom. The van der Waals surface area contributed by atoms with Crippen molar-refractivity contribution >= 4 is 16.9 Å². The van der Waals surface area contributed by atoms with E-state index < -0.39 is 0 Å². The summed E-state index contributed by atoms with van der Waals surface area (Å²) in [6, 6.07) is 0. The van der Waals surface area contributed by atoms with Crippen molar-refractivity contribution in [3.05, 3.63) is 12.0 Å². The first-order valence-corrected chi connectivity index (χ1v) is 11.4. The number of unbranched alkanes of at least 4 members (excludes halogenated alkanes) is 1. The van der Waals surface area contributed by atoms with Crippen molar-refractivity contribution < 1.29 is 0 Å². The number of fused-ring (bicyclic) bond motifs is 1. The number of aryl methyl sites for hydroxylation is 1. The minimum atomic E-state index is 0.247. The van der Waals surface area contributed by atoms with Gasteiger partial charge in [-0.15, -0.1) is 0 Å². The summed E-state index contributed by atoms with van der Waals surface area (Å²) in [7, 11) is 2.30. The van der Waals surface area contributed by atoms with Crippen molar-refractivity contribution in [1.82, 2.24) is 30.0 Å². The van der Waals surface area contributed by atoms with Crippen LogP contribution in [0.1, 0.15) is 52.1 Å². The summed E-state index contributed by atoms with van der Waals surface area (Å²) in [5.41, 5.74) is 2.43. The molecule has 1 spiro atoms. The molecule has 2 aliphatic heterocycles. The molecule has 2 aromatic heterocycles. The largest absolute Gasteiger partial charge is 0.353 e. The number of nitrogens with zero attached hydrogens (tertiary/aromatic N) is 6. The predicted octanol–water partition coefficient (Wildman–Crippen LogP) is 2.70. The average molecular weight is 400 g/mol. The maximum atomic E-state index is 5.01. The van der Waals surface area contributed by atoms with E-state index in [0.717, 1.165) is 70.0 Å². The summed E-state index contributed by atoms with van der Waals surface area (Å²) in [6.07, 6.45) is 7.40. The van der Waals surface area contributed by atoms with Gasteiger partial charge < -0.3 is 10.2 Å². The molecule has 7 heteroatoms. The zero-order chi connectivity index (χ0) is 20.4. The van der Waals surface area contributed by atoms with Gasteiger partial charge in [0.1, 0.15) is 12.1 Å². The highest BCUT2D eigenvalue weighted by molar-refractivity contribution is 5.90. The molecular formula is C22H37N7. The normalized spacial score (nSPS) is 20.2. The lowest BCUT2D eigenvalue weighted by molar-refractivity contribution is 0.0697. The van der Waals surface area contributed by atoms with E-state index in [9.17, 15) is 0 Å². The fourth-order valence-electron chi connectivity index (χ4n) is 4.97. The molecule has 0 aromatic carbocycles. The van der Waals surface area contributed by atoms with Crippen molar-refractivity contribution in [3.63, 3.8) is 0 Å². The van der Waals surface area contributed by atoms with Crippen LogP contribution in [-0.4, -0.2) is 70.0 Å². The van der Waals surface area contributed by atoms with Gasteiger partial charge in [0.05, 0.1) is 11.1 Å². The highest BCUT2D eigenvalue weighted by atomic mass is 15.4. The number of hydrogen-bond donors (Lipinski definition) is 1. The van der Waals surface area contributed by atoms with Crippen molar-refractivity contribution in [2.24, 2.45) is 5.92 Å². The molecule has 4 heterocycles. The molecule has 0 radical (unpaired) electrons. The van der Waals surface area contributed by atoms with E-state index in [-0.39, 0.29) is 5.54 Å². The maximum Gasteiger partial charge on any atom is 0.163 e. The highest BCUT2D eigenvalue weighted by Crippen LogP contribution is 2.34. The van der Waals surface area contributed by atoms with Crippen LogP contribution in [0.5, 0.6) is 0 Å². The summed E-state index contributed by atoms with van der Waals surface area (Å²) < 4.78 is 2.12. The fourth-order valence-corrected chi connectivity index (χ4v) is 4.97. The molecule has 4 rings (SSSR count). The van der Waals surface area contributed by atoms with Gasteiger partial charge >= 0.3 is 0 Å². The molecule has 0 saturated carbocycles. The fraction of sp³-hybridized carbons (Fsp3) is 0.773. The van der Waals surface area contributed by atoms with E-state index in [1.165, 1.54) is 23.9 Å². The third-order valence-electron chi connectivity index (χ3n) is 6.74. The average Bonchev–Trinajstić information content (AvgIpc) is 3.06. The van der Waals surface area contributed by atoms with Gasteiger partial charge in [-0.25, -0.2) is 14.6 Å². The number of piperazine rings is 1. The summed E-state index contributed by atoms with van der Waals surface area (Å²) in [4.78, 5) is 14.6. The van der Waals surface area contributed by atoms with Crippen molar-refractivity contribution in [2.45, 2.75) is 65.0 Å². The predicted molar refractivity (Wildman–Crippen MR) is 118 cm³/mol. The number of likely N-dealkylation sites (N-methyl/N-ethyl adjacent to an activating group) is 1. The van der Waals surface area contributed by atoms with Crippen molar-refractivity contribution in [1.29, 1.82) is 0 Å². The topological polar surface area (TPSA) is 62.1 Å². The molecule has 0 aliphatic carbocycles. The molecule has 7 nitrogen and oxygen atoms in total. The standard InChI is InChI=1S/C22H37N7/c1-5-6-11-29-21-19(18(26-29)14-17(2)3)20(24-16-25-21)28-13-12-27(4)22(15-28)7-9-23-10-8-22/h16-17,23H,5-15H2,1-4H3. The van der Waals surface area contributed by atoms with Gasteiger partial charge in [-0.05, 0) is 51.7 Å². The Morgan fingerprint density at radius 2 is 1.97 bits per heavy atom. The Morgan fingerprint density at radius 3 is 2.69 bits per heavy atom. The number of hydrogen-bond acceptors (Lipinski definition) is 6. The second-order valence-corrected chi connectivity index (χ2v) is 9.33. The molecule has 2 fully saturated rings. The lowest BCUT2D eigenvalue weighted by Gasteiger charge is -2.52. The summed E-state index contributed by atoms with van der Waals surface area (Å²) in [5, 5.41) is 9.73. The van der Waals surface area contributed by atoms with Gasteiger partial charge in [0.15, 0.2) is 5.65 Å². The quantitative estimate of drug-likeness (QED) is 0.806. The molecule has 29 heavy (non-hydrogen) atoms. The van der Waals surface area contributed by atoms with E-state index in [4.69, 9.17) is 10.1 Å². The molecule has 1 N–H and O–H groups in total. The Hall–Kier alpha value is -1.73. The van der Waals surface area contributed by atoms with Crippen LogP contribution in [0.4, 0.5) is 5.82 Å². The van der Waals surface area contributed by atoms with Crippen molar-refractivity contribution in [2.75, 3.05) is 44.7 Å². The summed E-state index contributed by atoms with van der Waals surface area (Å²) in [6.45, 7) is 13.0. The number of nitrogens with one attached hydrogen (secondary N) is 1. The molecule has 2 aromatic rings. The maximum absolute atomic E-state index is 5.01. The number of piperidine rings is 1. The second kappa shape index (κ2) is 8.56. The zero-order valence-electron chi connectivity index (χ0n) is 18.6. The SMILES string of the molecule is CCCCn1nc(CC(C)C)c2c(N3CCN(C)C4(CCNCC4)C3)ncnc21. The lowest BCUT2D eigenvalue weighted by atomic mass is 9.84. The third kappa shape index (κ3) is 3.99. The molecule has 0 atom stereocenters. The second-order valence-electron chi connectivity index (χ2n) is 9.33. The molecule has 0 unspecified atom stereocenters. The first-order valence-electron chi connectivity index (χ1n) is 11.4. The smallest absolute Gasteiger partial charge is 0.163 e. The van der Waals surface area contributed by atoms with Crippen LogP contribution in [0.3, 0.4) is 0 Å². The Kier molecular flexibility index (Phi) is 6.06. The van der Waals surface area contributed by atoms with Crippen LogP contribution in [0, 0.1) is 5.92 Å². The molecule has 2 saturated heterocycles. The van der Waals surface area contributed by atoms with Gasteiger partial charge in [0, 0.05) is 31.7 Å². The number of anilines is 1. The first kappa shape index (κ1) is 20.5. The van der Waals surface area contributed by atoms with E-state index in [0.29, 0.717) is 5.92 Å². The van der Waals surface area contributed by atoms with Gasteiger partial charge in [-0.1, -0.05) is 27.2 Å². The van der Waals surface area contributed by atoms with Crippen LogP contribution in [0.15, 0.2) is 6.33 Å². The Balaban J connectivity index is 1.73. The van der Waals surface area contributed by atoms with Crippen molar-refractivity contribution in [3.8, 4) is 0 Å². The first-order chi connectivity index (χ1) is 14.0. The van der Waals surface area contributed by atoms with E-state index in [1.54, 1.807) is 6.33 Å². The lowest BCUT2D eigenvalue weighted by Crippen LogP contribution is -2.64. The molecule has 0 bridgehead atoms. The Bertz CT molecular complexity index is 822. The van der Waals surface area contributed by atoms with E-state index >= 15 is 0 Å². The third-order valence-corrected chi connectivity index (χ3v) is 6.74. The van der Waals surface area contributed by atoms with E-state index in [2.05, 4.69) is 52.6 Å². The Labute approximate surface area is 174 Å². The summed E-state index contributed by atoms with van der Waals surface area (Å²) in [5.74, 6) is 1.66. The van der Waals surface area contributed by atoms with Gasteiger partial charge in [0.2, 0.25) is 0 Å². The van der Waals surface area contributed by atoms with E-state index in [1.807, 2.05) is 0 Å². The minimum Gasteiger partial charge on any atom is -0.353 e.